The average Bonchev–Trinajstić information content (AvgIpc) is 2.57. The van der Waals surface area contributed by atoms with Crippen LogP contribution in [0.2, 0.25) is 0 Å². The van der Waals surface area contributed by atoms with Crippen LogP contribution in [-0.4, -0.2) is 34.2 Å². The van der Waals surface area contributed by atoms with E-state index in [4.69, 9.17) is 0 Å². The van der Waals surface area contributed by atoms with E-state index < -0.39 is 10.6 Å². The van der Waals surface area contributed by atoms with Crippen molar-refractivity contribution in [3.8, 4) is 0 Å². The topological polar surface area (TPSA) is 102 Å². The normalized spacial score (nSPS) is 10.5. The van der Waals surface area contributed by atoms with Gasteiger partial charge in [0.25, 0.3) is 11.2 Å². The Balaban J connectivity index is 2.00. The van der Waals surface area contributed by atoms with Crippen LogP contribution in [0.3, 0.4) is 0 Å². The Kier molecular flexibility index (Phi) is 5.02. The highest BCUT2D eigenvalue weighted by Crippen LogP contribution is 2.18. The van der Waals surface area contributed by atoms with E-state index in [0.717, 1.165) is 10.3 Å². The van der Waals surface area contributed by atoms with Gasteiger partial charge in [0.05, 0.1) is 4.92 Å². The van der Waals surface area contributed by atoms with E-state index >= 15 is 0 Å². The Morgan fingerprint density at radius 2 is 1.79 bits per heavy atom. The van der Waals surface area contributed by atoms with Gasteiger partial charge in [-0.3, -0.25) is 24.0 Å². The third-order valence-electron chi connectivity index (χ3n) is 3.78. The van der Waals surface area contributed by atoms with Crippen LogP contribution in [-0.2, 0) is 14.1 Å². The Morgan fingerprint density at radius 3 is 2.38 bits per heavy atom. The molecule has 0 saturated heterocycles. The fraction of sp³-hybridized carbons (Fsp3) is 0.333. The second-order valence-electron chi connectivity index (χ2n) is 5.39. The van der Waals surface area contributed by atoms with E-state index in [-0.39, 0.29) is 11.2 Å². The SMILES string of the molecule is CN(CCNc1cc(=O)n(C)c(=O)n1C)c1ccc([N+](=O)[O-])cc1. The molecule has 24 heavy (non-hydrogen) atoms. The van der Waals surface area contributed by atoms with Crippen LogP contribution in [0.5, 0.6) is 0 Å². The molecule has 0 aliphatic rings. The van der Waals surface area contributed by atoms with Gasteiger partial charge in [0, 0.05) is 58.1 Å². The summed E-state index contributed by atoms with van der Waals surface area (Å²) in [5, 5.41) is 13.7. The molecule has 0 bridgehead atoms. The lowest BCUT2D eigenvalue weighted by atomic mass is 10.2. The van der Waals surface area contributed by atoms with E-state index in [1.165, 1.54) is 29.8 Å². The Labute approximate surface area is 137 Å². The molecule has 1 N–H and O–H groups in total. The lowest BCUT2D eigenvalue weighted by molar-refractivity contribution is -0.384. The summed E-state index contributed by atoms with van der Waals surface area (Å²) in [6, 6.07) is 7.61. The van der Waals surface area contributed by atoms with Gasteiger partial charge in [-0.05, 0) is 12.1 Å². The van der Waals surface area contributed by atoms with Gasteiger partial charge in [-0.1, -0.05) is 0 Å². The molecule has 0 amide bonds. The summed E-state index contributed by atoms with van der Waals surface area (Å²) in [6.45, 7) is 1.08. The zero-order chi connectivity index (χ0) is 17.9. The smallest absolute Gasteiger partial charge is 0.332 e. The summed E-state index contributed by atoms with van der Waals surface area (Å²) in [5.74, 6) is 0.445. The number of anilines is 2. The summed E-state index contributed by atoms with van der Waals surface area (Å²) >= 11 is 0. The molecular weight excluding hydrogens is 314 g/mol. The van der Waals surface area contributed by atoms with E-state index in [2.05, 4.69) is 5.32 Å². The molecule has 2 rings (SSSR count). The number of aromatic nitrogens is 2. The van der Waals surface area contributed by atoms with Crippen LogP contribution < -0.4 is 21.5 Å². The maximum absolute atomic E-state index is 11.8. The van der Waals surface area contributed by atoms with Gasteiger partial charge in [0.2, 0.25) is 0 Å². The molecule has 0 aliphatic carbocycles. The summed E-state index contributed by atoms with van der Waals surface area (Å²) in [5.41, 5.74) is 0.110. The summed E-state index contributed by atoms with van der Waals surface area (Å²) in [6.07, 6.45) is 0. The zero-order valence-corrected chi connectivity index (χ0v) is 13.7. The summed E-state index contributed by atoms with van der Waals surface area (Å²) in [7, 11) is 4.87. The fourth-order valence-electron chi connectivity index (χ4n) is 2.21. The van der Waals surface area contributed by atoms with Crippen molar-refractivity contribution in [2.75, 3.05) is 30.4 Å². The standard InChI is InChI=1S/C15H19N5O4/c1-17(11-4-6-12(7-5-11)20(23)24)9-8-16-13-10-14(21)19(3)15(22)18(13)2/h4-7,10,16H,8-9H2,1-3H3. The lowest BCUT2D eigenvalue weighted by Crippen LogP contribution is -2.38. The quantitative estimate of drug-likeness (QED) is 0.611. The fourth-order valence-corrected chi connectivity index (χ4v) is 2.21. The first kappa shape index (κ1) is 17.3. The molecule has 0 atom stereocenters. The molecule has 9 heteroatoms. The molecule has 2 aromatic rings. The van der Waals surface area contributed by atoms with Crippen molar-refractivity contribution in [1.82, 2.24) is 9.13 Å². The second-order valence-corrected chi connectivity index (χ2v) is 5.39. The first-order valence-electron chi connectivity index (χ1n) is 7.28. The average molecular weight is 333 g/mol. The van der Waals surface area contributed by atoms with Crippen molar-refractivity contribution < 1.29 is 4.92 Å². The number of nitrogens with zero attached hydrogens (tertiary/aromatic N) is 4. The van der Waals surface area contributed by atoms with Crippen molar-refractivity contribution in [2.24, 2.45) is 14.1 Å². The number of hydrogen-bond acceptors (Lipinski definition) is 6. The van der Waals surface area contributed by atoms with Crippen LogP contribution in [0.4, 0.5) is 17.2 Å². The Morgan fingerprint density at radius 1 is 1.17 bits per heavy atom. The molecule has 0 spiro atoms. The number of hydrogen-bond donors (Lipinski definition) is 1. The van der Waals surface area contributed by atoms with Crippen LogP contribution >= 0.6 is 0 Å². The third-order valence-corrected chi connectivity index (χ3v) is 3.78. The van der Waals surface area contributed by atoms with Gasteiger partial charge in [-0.15, -0.1) is 0 Å². The highest BCUT2D eigenvalue weighted by atomic mass is 16.6. The largest absolute Gasteiger partial charge is 0.373 e. The van der Waals surface area contributed by atoms with Crippen molar-refractivity contribution in [2.45, 2.75) is 0 Å². The van der Waals surface area contributed by atoms with Gasteiger partial charge in [-0.25, -0.2) is 4.79 Å². The van der Waals surface area contributed by atoms with Crippen LogP contribution in [0.15, 0.2) is 39.9 Å². The number of non-ortho nitro benzene ring substituents is 1. The number of nitro benzene ring substituents is 1. The molecule has 1 heterocycles. The number of likely N-dealkylation sites (N-methyl/N-ethyl adjacent to an activating group) is 1. The molecule has 1 aromatic heterocycles. The van der Waals surface area contributed by atoms with Crippen LogP contribution in [0.25, 0.3) is 0 Å². The molecular formula is C15H19N5O4. The minimum atomic E-state index is -0.443. The van der Waals surface area contributed by atoms with Crippen LogP contribution in [0, 0.1) is 10.1 Å². The van der Waals surface area contributed by atoms with Gasteiger partial charge in [-0.2, -0.15) is 0 Å². The molecule has 0 saturated carbocycles. The van der Waals surface area contributed by atoms with Crippen molar-refractivity contribution in [3.05, 3.63) is 61.3 Å². The molecule has 0 radical (unpaired) electrons. The van der Waals surface area contributed by atoms with Crippen molar-refractivity contribution >= 4 is 17.2 Å². The van der Waals surface area contributed by atoms with Gasteiger partial charge in [0.1, 0.15) is 5.82 Å². The number of nitro groups is 1. The zero-order valence-electron chi connectivity index (χ0n) is 13.7. The number of rotatable bonds is 6. The molecule has 0 aliphatic heterocycles. The molecule has 9 nitrogen and oxygen atoms in total. The number of benzene rings is 1. The second kappa shape index (κ2) is 6.99. The Bertz CT molecular complexity index is 854. The van der Waals surface area contributed by atoms with E-state index in [1.54, 1.807) is 19.2 Å². The van der Waals surface area contributed by atoms with Crippen LogP contribution in [0.1, 0.15) is 0 Å². The molecule has 128 valence electrons. The van der Waals surface area contributed by atoms with Gasteiger partial charge < -0.3 is 10.2 Å². The number of nitrogens with one attached hydrogen (secondary N) is 1. The van der Waals surface area contributed by atoms with E-state index in [0.29, 0.717) is 18.9 Å². The van der Waals surface area contributed by atoms with Gasteiger partial charge in [0.15, 0.2) is 0 Å². The predicted molar refractivity (Wildman–Crippen MR) is 91.8 cm³/mol. The summed E-state index contributed by atoms with van der Waals surface area (Å²) in [4.78, 5) is 35.6. The maximum atomic E-state index is 11.8. The highest BCUT2D eigenvalue weighted by Gasteiger charge is 2.08. The highest BCUT2D eigenvalue weighted by molar-refractivity contribution is 5.50. The maximum Gasteiger partial charge on any atom is 0.332 e. The Hall–Kier alpha value is -3.10. The van der Waals surface area contributed by atoms with Crippen molar-refractivity contribution in [1.29, 1.82) is 0 Å². The molecule has 0 unspecified atom stereocenters. The van der Waals surface area contributed by atoms with E-state index in [9.17, 15) is 19.7 Å². The summed E-state index contributed by atoms with van der Waals surface area (Å²) < 4.78 is 2.40. The van der Waals surface area contributed by atoms with E-state index in [1.807, 2.05) is 11.9 Å². The minimum Gasteiger partial charge on any atom is -0.373 e. The predicted octanol–water partition coefficient (Wildman–Crippen LogP) is 0.541. The minimum absolute atomic E-state index is 0.0420. The molecule has 1 aromatic carbocycles. The third kappa shape index (κ3) is 3.62. The first-order chi connectivity index (χ1) is 11.3. The van der Waals surface area contributed by atoms with Gasteiger partial charge >= 0.3 is 5.69 Å². The monoisotopic (exact) mass is 333 g/mol. The lowest BCUT2D eigenvalue weighted by Gasteiger charge is -2.20. The van der Waals surface area contributed by atoms with Crippen molar-refractivity contribution in [3.63, 3.8) is 0 Å². The first-order valence-corrected chi connectivity index (χ1v) is 7.28. The molecule has 0 fully saturated rings.